The van der Waals surface area contributed by atoms with E-state index in [4.69, 9.17) is 0 Å². The highest BCUT2D eigenvalue weighted by molar-refractivity contribution is 5.95. The summed E-state index contributed by atoms with van der Waals surface area (Å²) < 4.78 is 0. The Morgan fingerprint density at radius 3 is 2.58 bits per heavy atom. The number of aromatic nitrogens is 1. The number of carbonyl (C=O) groups is 2. The first-order valence-corrected chi connectivity index (χ1v) is 6.09. The van der Waals surface area contributed by atoms with Crippen LogP contribution in [0.3, 0.4) is 0 Å². The van der Waals surface area contributed by atoms with Crippen molar-refractivity contribution in [3.05, 3.63) is 24.0 Å². The summed E-state index contributed by atoms with van der Waals surface area (Å²) in [6.07, 6.45) is 3.74. The molecular weight excluding hydrogens is 246 g/mol. The van der Waals surface area contributed by atoms with E-state index in [1.807, 2.05) is 6.92 Å². The molecule has 0 radical (unpaired) electrons. The fraction of sp³-hybridized carbons (Fsp3) is 0.462. The summed E-state index contributed by atoms with van der Waals surface area (Å²) in [5.74, 6) is -1.09. The number of nitrogens with zero attached hydrogens (tertiary/aromatic N) is 3. The molecule has 104 valence electrons. The van der Waals surface area contributed by atoms with Crippen LogP contribution in [0.15, 0.2) is 18.5 Å². The van der Waals surface area contributed by atoms with Crippen LogP contribution in [0, 0.1) is 0 Å². The standard InChI is InChI=1S/C13H19N3O3/c1-4-7-16(9-12(17)15(2)3)11-8-14-6-5-10(11)13(18)19/h5-6,8H,4,7,9H2,1-3H3,(H,18,19). The number of carboxylic acids is 1. The zero-order valence-electron chi connectivity index (χ0n) is 11.5. The van der Waals surface area contributed by atoms with Crippen molar-refractivity contribution in [2.24, 2.45) is 0 Å². The van der Waals surface area contributed by atoms with E-state index in [-0.39, 0.29) is 18.0 Å². The van der Waals surface area contributed by atoms with Gasteiger partial charge in [0.2, 0.25) is 5.91 Å². The van der Waals surface area contributed by atoms with E-state index in [9.17, 15) is 14.7 Å². The maximum absolute atomic E-state index is 11.8. The van der Waals surface area contributed by atoms with Gasteiger partial charge in [-0.15, -0.1) is 0 Å². The number of amides is 1. The fourth-order valence-electron chi connectivity index (χ4n) is 1.68. The number of hydrogen-bond acceptors (Lipinski definition) is 4. The van der Waals surface area contributed by atoms with Gasteiger partial charge >= 0.3 is 5.97 Å². The molecule has 0 bridgehead atoms. The molecule has 0 unspecified atom stereocenters. The largest absolute Gasteiger partial charge is 0.478 e. The minimum atomic E-state index is -1.02. The van der Waals surface area contributed by atoms with Crippen LogP contribution >= 0.6 is 0 Å². The SMILES string of the molecule is CCCN(CC(=O)N(C)C)c1cnccc1C(=O)O. The van der Waals surface area contributed by atoms with Gasteiger partial charge in [-0.3, -0.25) is 9.78 Å². The fourth-order valence-corrected chi connectivity index (χ4v) is 1.68. The summed E-state index contributed by atoms with van der Waals surface area (Å²) in [4.78, 5) is 30.2. The second kappa shape index (κ2) is 6.72. The number of aromatic carboxylic acids is 1. The van der Waals surface area contributed by atoms with E-state index >= 15 is 0 Å². The van der Waals surface area contributed by atoms with Crippen LogP contribution in [0.25, 0.3) is 0 Å². The van der Waals surface area contributed by atoms with E-state index in [1.165, 1.54) is 23.4 Å². The molecule has 6 nitrogen and oxygen atoms in total. The van der Waals surface area contributed by atoms with Crippen molar-refractivity contribution in [1.82, 2.24) is 9.88 Å². The van der Waals surface area contributed by atoms with E-state index < -0.39 is 5.97 Å². The first-order chi connectivity index (χ1) is 8.97. The van der Waals surface area contributed by atoms with Crippen LogP contribution in [0.4, 0.5) is 5.69 Å². The Morgan fingerprint density at radius 2 is 2.05 bits per heavy atom. The first-order valence-electron chi connectivity index (χ1n) is 6.09. The Morgan fingerprint density at radius 1 is 1.37 bits per heavy atom. The van der Waals surface area contributed by atoms with Crippen molar-refractivity contribution in [3.8, 4) is 0 Å². The topological polar surface area (TPSA) is 73.7 Å². The lowest BCUT2D eigenvalue weighted by molar-refractivity contribution is -0.127. The molecule has 1 heterocycles. The van der Waals surface area contributed by atoms with Crippen LogP contribution in [0.1, 0.15) is 23.7 Å². The Bertz CT molecular complexity index is 460. The number of anilines is 1. The smallest absolute Gasteiger partial charge is 0.337 e. The predicted molar refractivity (Wildman–Crippen MR) is 72.4 cm³/mol. The summed E-state index contributed by atoms with van der Waals surface area (Å²) in [5.41, 5.74) is 0.641. The maximum Gasteiger partial charge on any atom is 0.337 e. The average Bonchev–Trinajstić information content (AvgIpc) is 2.37. The predicted octanol–water partition coefficient (Wildman–Crippen LogP) is 1.08. The van der Waals surface area contributed by atoms with Gasteiger partial charge in [-0.1, -0.05) is 6.92 Å². The second-order valence-electron chi connectivity index (χ2n) is 4.41. The molecule has 0 aliphatic rings. The third-order valence-corrected chi connectivity index (χ3v) is 2.69. The summed E-state index contributed by atoms with van der Waals surface area (Å²) in [5, 5.41) is 9.18. The number of hydrogen-bond donors (Lipinski definition) is 1. The highest BCUT2D eigenvalue weighted by atomic mass is 16.4. The molecule has 0 aliphatic heterocycles. The van der Waals surface area contributed by atoms with E-state index in [0.717, 1.165) is 6.42 Å². The van der Waals surface area contributed by atoms with E-state index in [2.05, 4.69) is 4.98 Å². The number of pyridine rings is 1. The minimum Gasteiger partial charge on any atom is -0.478 e. The van der Waals surface area contributed by atoms with Gasteiger partial charge in [-0.25, -0.2) is 4.79 Å². The molecule has 0 spiro atoms. The van der Waals surface area contributed by atoms with Gasteiger partial charge in [0.15, 0.2) is 0 Å². The van der Waals surface area contributed by atoms with Crippen LogP contribution in [-0.2, 0) is 4.79 Å². The summed E-state index contributed by atoms with van der Waals surface area (Å²) in [7, 11) is 3.35. The average molecular weight is 265 g/mol. The molecule has 6 heteroatoms. The monoisotopic (exact) mass is 265 g/mol. The molecule has 0 aromatic carbocycles. The van der Waals surface area contributed by atoms with Gasteiger partial charge in [0.1, 0.15) is 0 Å². The van der Waals surface area contributed by atoms with Crippen molar-refractivity contribution in [3.63, 3.8) is 0 Å². The third kappa shape index (κ3) is 3.94. The van der Waals surface area contributed by atoms with Gasteiger partial charge in [0.05, 0.1) is 24.0 Å². The number of carbonyl (C=O) groups excluding carboxylic acids is 1. The molecule has 19 heavy (non-hydrogen) atoms. The zero-order chi connectivity index (χ0) is 14.4. The van der Waals surface area contributed by atoms with Crippen molar-refractivity contribution >= 4 is 17.6 Å². The van der Waals surface area contributed by atoms with Crippen LogP contribution in [0.2, 0.25) is 0 Å². The molecule has 1 amide bonds. The lowest BCUT2D eigenvalue weighted by Gasteiger charge is -2.26. The molecule has 0 saturated heterocycles. The normalized spacial score (nSPS) is 10.1. The molecule has 0 atom stereocenters. The molecular formula is C13H19N3O3. The van der Waals surface area contributed by atoms with Crippen molar-refractivity contribution in [2.75, 3.05) is 32.1 Å². The lowest BCUT2D eigenvalue weighted by Crippen LogP contribution is -2.37. The van der Waals surface area contributed by atoms with Gasteiger partial charge in [-0.05, 0) is 12.5 Å². The maximum atomic E-state index is 11.8. The molecule has 0 fully saturated rings. The Hall–Kier alpha value is -2.11. The van der Waals surface area contributed by atoms with Crippen LogP contribution in [0.5, 0.6) is 0 Å². The second-order valence-corrected chi connectivity index (χ2v) is 4.41. The van der Waals surface area contributed by atoms with Crippen molar-refractivity contribution in [1.29, 1.82) is 0 Å². The summed E-state index contributed by atoms with van der Waals surface area (Å²) in [6, 6.07) is 1.44. The highest BCUT2D eigenvalue weighted by Crippen LogP contribution is 2.19. The summed E-state index contributed by atoms with van der Waals surface area (Å²) in [6.45, 7) is 2.72. The highest BCUT2D eigenvalue weighted by Gasteiger charge is 2.18. The molecule has 1 aromatic heterocycles. The van der Waals surface area contributed by atoms with Gasteiger partial charge < -0.3 is 14.9 Å². The number of carboxylic acid groups (broad SMARTS) is 1. The van der Waals surface area contributed by atoms with E-state index in [1.54, 1.807) is 19.0 Å². The Balaban J connectivity index is 3.05. The molecule has 1 rings (SSSR count). The molecule has 0 aliphatic carbocycles. The van der Waals surface area contributed by atoms with Gasteiger partial charge in [-0.2, -0.15) is 0 Å². The van der Waals surface area contributed by atoms with Crippen molar-refractivity contribution in [2.45, 2.75) is 13.3 Å². The third-order valence-electron chi connectivity index (χ3n) is 2.69. The van der Waals surface area contributed by atoms with Crippen LogP contribution in [-0.4, -0.2) is 54.1 Å². The lowest BCUT2D eigenvalue weighted by atomic mass is 10.2. The van der Waals surface area contributed by atoms with Crippen molar-refractivity contribution < 1.29 is 14.7 Å². The molecule has 0 saturated carbocycles. The quantitative estimate of drug-likeness (QED) is 0.833. The number of likely N-dealkylation sites (N-methyl/N-ethyl adjacent to an activating group) is 1. The zero-order valence-corrected chi connectivity index (χ0v) is 11.5. The minimum absolute atomic E-state index is 0.0753. The molecule has 1 aromatic rings. The van der Waals surface area contributed by atoms with Gasteiger partial charge in [0, 0.05) is 26.8 Å². The van der Waals surface area contributed by atoms with Gasteiger partial charge in [0.25, 0.3) is 0 Å². The van der Waals surface area contributed by atoms with E-state index in [0.29, 0.717) is 12.2 Å². The number of rotatable bonds is 6. The molecule has 1 N–H and O–H groups in total. The Kier molecular flexibility index (Phi) is 5.29. The Labute approximate surface area is 112 Å². The summed E-state index contributed by atoms with van der Waals surface area (Å²) >= 11 is 0. The van der Waals surface area contributed by atoms with Crippen LogP contribution < -0.4 is 4.90 Å². The first kappa shape index (κ1) is 14.9.